The van der Waals surface area contributed by atoms with E-state index in [0.717, 1.165) is 0 Å². The number of ether oxygens (including phenoxy) is 1. The molecule has 2 aromatic rings. The van der Waals surface area contributed by atoms with Crippen LogP contribution in [0.15, 0.2) is 28.8 Å². The molecule has 10 heteroatoms. The Balaban J connectivity index is 1.45. The van der Waals surface area contributed by atoms with Crippen LogP contribution in [-0.4, -0.2) is 65.6 Å². The molecule has 1 unspecified atom stereocenters. The van der Waals surface area contributed by atoms with Crippen molar-refractivity contribution in [2.45, 2.75) is 20.0 Å². The van der Waals surface area contributed by atoms with Crippen LogP contribution < -0.4 is 10.1 Å². The van der Waals surface area contributed by atoms with Crippen LogP contribution >= 0.6 is 23.2 Å². The van der Waals surface area contributed by atoms with Gasteiger partial charge in [0.25, 0.3) is 5.91 Å². The van der Waals surface area contributed by atoms with Crippen molar-refractivity contribution in [1.29, 1.82) is 0 Å². The van der Waals surface area contributed by atoms with Crippen LogP contribution in [0, 0.1) is 6.92 Å². The van der Waals surface area contributed by atoms with Gasteiger partial charge in [-0.1, -0.05) is 28.4 Å². The average Bonchev–Trinajstić information content (AvgIpc) is 3.08. The van der Waals surface area contributed by atoms with Crippen LogP contribution in [0.5, 0.6) is 5.75 Å². The summed E-state index contributed by atoms with van der Waals surface area (Å²) < 4.78 is 10.6. The maximum absolute atomic E-state index is 12.7. The lowest BCUT2D eigenvalue weighted by atomic mass is 10.2. The third-order valence-electron chi connectivity index (χ3n) is 4.49. The summed E-state index contributed by atoms with van der Waals surface area (Å²) in [5, 5.41) is 7.29. The Kier molecular flexibility index (Phi) is 7.00. The first-order valence-electron chi connectivity index (χ1n) is 9.18. The second kappa shape index (κ2) is 9.47. The van der Waals surface area contributed by atoms with Crippen molar-refractivity contribution in [2.75, 3.05) is 38.0 Å². The van der Waals surface area contributed by atoms with Crippen molar-refractivity contribution < 1.29 is 18.8 Å². The highest BCUT2D eigenvalue weighted by Gasteiger charge is 2.27. The van der Waals surface area contributed by atoms with E-state index in [0.29, 0.717) is 53.6 Å². The second-order valence-corrected chi connectivity index (χ2v) is 7.65. The summed E-state index contributed by atoms with van der Waals surface area (Å²) in [5.74, 6) is 1.14. The largest absolute Gasteiger partial charge is 0.479 e. The Morgan fingerprint density at radius 1 is 1.24 bits per heavy atom. The molecule has 1 aromatic carbocycles. The summed E-state index contributed by atoms with van der Waals surface area (Å²) in [4.78, 5) is 28.5. The summed E-state index contributed by atoms with van der Waals surface area (Å²) >= 11 is 12.0. The number of benzene rings is 1. The lowest BCUT2D eigenvalue weighted by Gasteiger charge is -2.35. The van der Waals surface area contributed by atoms with Gasteiger partial charge in [0.2, 0.25) is 5.91 Å². The number of carbonyl (C=O) groups excluding carboxylic acids is 2. The van der Waals surface area contributed by atoms with Gasteiger partial charge in [-0.25, -0.2) is 0 Å². The Hall–Kier alpha value is -2.29. The highest BCUT2D eigenvalue weighted by Crippen LogP contribution is 2.28. The molecule has 0 aliphatic carbocycles. The Morgan fingerprint density at radius 2 is 1.97 bits per heavy atom. The molecule has 1 saturated heterocycles. The number of anilines is 1. The normalized spacial score (nSPS) is 15.8. The average molecular weight is 441 g/mol. The molecule has 1 aliphatic rings. The Morgan fingerprint density at radius 3 is 2.59 bits per heavy atom. The van der Waals surface area contributed by atoms with Crippen LogP contribution in [0.4, 0.5) is 5.82 Å². The van der Waals surface area contributed by atoms with Gasteiger partial charge < -0.3 is 19.5 Å². The molecule has 0 spiro atoms. The smallest absolute Gasteiger partial charge is 0.263 e. The molecule has 2 heterocycles. The van der Waals surface area contributed by atoms with Crippen LogP contribution in [-0.2, 0) is 9.59 Å². The molecule has 1 aromatic heterocycles. The minimum absolute atomic E-state index is 0.127. The topological polar surface area (TPSA) is 87.9 Å². The summed E-state index contributed by atoms with van der Waals surface area (Å²) in [7, 11) is 0. The van der Waals surface area contributed by atoms with Crippen LogP contribution in [0.1, 0.15) is 12.7 Å². The predicted octanol–water partition coefficient (Wildman–Crippen LogP) is 2.84. The number of aryl methyl sites for hydroxylation is 1. The number of hydrogen-bond donors (Lipinski definition) is 1. The zero-order valence-electron chi connectivity index (χ0n) is 16.2. The van der Waals surface area contributed by atoms with Crippen molar-refractivity contribution in [3.63, 3.8) is 0 Å². The number of hydrogen-bond acceptors (Lipinski definition) is 6. The van der Waals surface area contributed by atoms with Crippen LogP contribution in [0.25, 0.3) is 0 Å². The van der Waals surface area contributed by atoms with Gasteiger partial charge >= 0.3 is 0 Å². The molecule has 1 N–H and O–H groups in total. The van der Waals surface area contributed by atoms with E-state index in [1.54, 1.807) is 43.0 Å². The first kappa shape index (κ1) is 21.4. The van der Waals surface area contributed by atoms with Crippen molar-refractivity contribution in [2.24, 2.45) is 0 Å². The Labute approximate surface area is 178 Å². The zero-order chi connectivity index (χ0) is 21.0. The number of nitrogens with one attached hydrogen (secondary N) is 1. The molecule has 2 amide bonds. The monoisotopic (exact) mass is 440 g/mol. The first-order chi connectivity index (χ1) is 13.8. The molecule has 1 aliphatic heterocycles. The number of rotatable bonds is 6. The van der Waals surface area contributed by atoms with Crippen molar-refractivity contribution in [3.05, 3.63) is 40.1 Å². The van der Waals surface area contributed by atoms with Gasteiger partial charge in [0.15, 0.2) is 11.9 Å². The second-order valence-electron chi connectivity index (χ2n) is 6.81. The van der Waals surface area contributed by atoms with Crippen molar-refractivity contribution in [3.8, 4) is 5.75 Å². The molecular weight excluding hydrogens is 419 g/mol. The minimum Gasteiger partial charge on any atom is -0.479 e. The predicted molar refractivity (Wildman–Crippen MR) is 109 cm³/mol. The standard InChI is InChI=1S/C19H22Cl2N4O4/c1-12-9-17(23-29-12)22-18(26)11-24-5-7-25(8-6-24)19(27)13(2)28-16-4-3-14(20)10-15(16)21/h3-4,9-10,13H,5-8,11H2,1-2H3,(H,22,23,26). The molecule has 1 atom stereocenters. The Bertz CT molecular complexity index is 881. The summed E-state index contributed by atoms with van der Waals surface area (Å²) in [6, 6.07) is 6.52. The van der Waals surface area contributed by atoms with E-state index in [-0.39, 0.29) is 18.4 Å². The fourth-order valence-electron chi connectivity index (χ4n) is 3.01. The van der Waals surface area contributed by atoms with Crippen LogP contribution in [0.2, 0.25) is 10.0 Å². The number of aromatic nitrogens is 1. The molecule has 8 nitrogen and oxygen atoms in total. The van der Waals surface area contributed by atoms with Gasteiger partial charge in [-0.2, -0.15) is 0 Å². The van der Waals surface area contributed by atoms with Gasteiger partial charge in [0, 0.05) is 37.3 Å². The minimum atomic E-state index is -0.682. The number of piperazine rings is 1. The fourth-order valence-corrected chi connectivity index (χ4v) is 3.46. The summed E-state index contributed by atoms with van der Waals surface area (Å²) in [6.45, 7) is 5.86. The van der Waals surface area contributed by atoms with E-state index in [1.807, 2.05) is 4.90 Å². The number of amides is 2. The van der Waals surface area contributed by atoms with Gasteiger partial charge in [-0.3, -0.25) is 14.5 Å². The SMILES string of the molecule is Cc1cc(NC(=O)CN2CCN(C(=O)C(C)Oc3ccc(Cl)cc3Cl)CC2)no1. The van der Waals surface area contributed by atoms with E-state index in [9.17, 15) is 9.59 Å². The maximum atomic E-state index is 12.7. The van der Waals surface area contributed by atoms with Gasteiger partial charge in [-0.15, -0.1) is 0 Å². The molecule has 0 radical (unpaired) electrons. The lowest BCUT2D eigenvalue weighted by molar-refractivity contribution is -0.139. The van der Waals surface area contributed by atoms with Gasteiger partial charge in [0.1, 0.15) is 11.5 Å². The summed E-state index contributed by atoms with van der Waals surface area (Å²) in [6.07, 6.45) is -0.682. The van der Waals surface area contributed by atoms with Crippen LogP contribution in [0.3, 0.4) is 0 Å². The molecule has 0 saturated carbocycles. The lowest BCUT2D eigenvalue weighted by Crippen LogP contribution is -2.53. The number of carbonyl (C=O) groups is 2. The van der Waals surface area contributed by atoms with E-state index >= 15 is 0 Å². The van der Waals surface area contributed by atoms with E-state index in [2.05, 4.69) is 10.5 Å². The highest BCUT2D eigenvalue weighted by atomic mass is 35.5. The third-order valence-corrected chi connectivity index (χ3v) is 5.02. The van der Waals surface area contributed by atoms with E-state index in [1.165, 1.54) is 0 Å². The third kappa shape index (κ3) is 5.85. The molecule has 156 valence electrons. The van der Waals surface area contributed by atoms with E-state index in [4.69, 9.17) is 32.5 Å². The molecule has 0 bridgehead atoms. The quantitative estimate of drug-likeness (QED) is 0.742. The first-order valence-corrected chi connectivity index (χ1v) is 9.93. The maximum Gasteiger partial charge on any atom is 0.263 e. The van der Waals surface area contributed by atoms with Gasteiger partial charge in [0.05, 0.1) is 11.6 Å². The molecule has 1 fully saturated rings. The van der Waals surface area contributed by atoms with Gasteiger partial charge in [-0.05, 0) is 32.0 Å². The molecular formula is C19H22Cl2N4O4. The number of halogens is 2. The number of nitrogens with zero attached hydrogens (tertiary/aromatic N) is 3. The van der Waals surface area contributed by atoms with Crippen molar-refractivity contribution in [1.82, 2.24) is 15.0 Å². The zero-order valence-corrected chi connectivity index (χ0v) is 17.7. The molecule has 3 rings (SSSR count). The van der Waals surface area contributed by atoms with E-state index < -0.39 is 6.10 Å². The molecule has 29 heavy (non-hydrogen) atoms. The summed E-state index contributed by atoms with van der Waals surface area (Å²) in [5.41, 5.74) is 0. The van der Waals surface area contributed by atoms with Crippen molar-refractivity contribution >= 4 is 40.8 Å². The highest BCUT2D eigenvalue weighted by molar-refractivity contribution is 6.35. The fraction of sp³-hybridized carbons (Fsp3) is 0.421.